The number of hydrogen-bond acceptors (Lipinski definition) is 3. The summed E-state index contributed by atoms with van der Waals surface area (Å²) in [4.78, 5) is 15.5. The van der Waals surface area contributed by atoms with Gasteiger partial charge in [-0.05, 0) is 86.9 Å². The first kappa shape index (κ1) is 34.5. The van der Waals surface area contributed by atoms with Crippen molar-refractivity contribution in [3.8, 4) is 45.5 Å². The highest BCUT2D eigenvalue weighted by Gasteiger charge is 2.22. The van der Waals surface area contributed by atoms with Gasteiger partial charge in [-0.15, -0.1) is 0 Å². The molecule has 3 aromatic heterocycles. The molecule has 62 heavy (non-hydrogen) atoms. The van der Waals surface area contributed by atoms with Crippen molar-refractivity contribution in [2.24, 2.45) is 0 Å². The molecule has 0 atom stereocenters. The van der Waals surface area contributed by atoms with E-state index in [2.05, 4.69) is 185 Å². The largest absolute Gasteiger partial charge is 0.309 e. The van der Waals surface area contributed by atoms with Crippen molar-refractivity contribution in [2.75, 3.05) is 0 Å². The third kappa shape index (κ3) is 5.32. The van der Waals surface area contributed by atoms with Crippen LogP contribution in [0.25, 0.3) is 121 Å². The second kappa shape index (κ2) is 13.6. The van der Waals surface area contributed by atoms with Crippen molar-refractivity contribution in [1.82, 2.24) is 24.1 Å². The van der Waals surface area contributed by atoms with Crippen molar-refractivity contribution in [1.29, 1.82) is 0 Å². The first-order valence-corrected chi connectivity index (χ1v) is 21.0. The molecule has 0 aliphatic heterocycles. The van der Waals surface area contributed by atoms with Crippen LogP contribution in [0.1, 0.15) is 0 Å². The zero-order valence-electron chi connectivity index (χ0n) is 33.4. The molecule has 0 spiro atoms. The zero-order chi connectivity index (χ0) is 40.7. The van der Waals surface area contributed by atoms with Crippen LogP contribution < -0.4 is 0 Å². The second-order valence-corrected chi connectivity index (χ2v) is 16.0. The highest BCUT2D eigenvalue weighted by atomic mass is 15.1. The van der Waals surface area contributed by atoms with E-state index >= 15 is 0 Å². The Kier molecular flexibility index (Phi) is 7.54. The molecule has 0 bridgehead atoms. The molecule has 3 heterocycles. The average Bonchev–Trinajstić information content (AvgIpc) is 3.85. The number of benzene rings is 10. The molecule has 13 rings (SSSR count). The lowest BCUT2D eigenvalue weighted by molar-refractivity contribution is 1.07. The molecule has 10 aromatic carbocycles. The summed E-state index contributed by atoms with van der Waals surface area (Å²) in [5.74, 6) is 1.89. The van der Waals surface area contributed by atoms with Gasteiger partial charge in [0.2, 0.25) is 0 Å². The van der Waals surface area contributed by atoms with Gasteiger partial charge in [-0.25, -0.2) is 15.0 Å². The zero-order valence-corrected chi connectivity index (χ0v) is 33.4. The summed E-state index contributed by atoms with van der Waals surface area (Å²) in [6.45, 7) is 0. The molecule has 0 aliphatic carbocycles. The maximum atomic E-state index is 5.24. The number of fused-ring (bicyclic) bond motifs is 10. The summed E-state index contributed by atoms with van der Waals surface area (Å²) in [6.07, 6.45) is 0. The van der Waals surface area contributed by atoms with E-state index in [1.54, 1.807) is 0 Å². The molecular weight excluding hydrogens is 755 g/mol. The third-order valence-corrected chi connectivity index (χ3v) is 12.5. The summed E-state index contributed by atoms with van der Waals surface area (Å²) < 4.78 is 4.83. The first-order chi connectivity index (χ1) is 30.7. The van der Waals surface area contributed by atoms with Crippen molar-refractivity contribution in [2.45, 2.75) is 0 Å². The lowest BCUT2D eigenvalue weighted by Crippen LogP contribution is -2.04. The molecule has 288 valence electrons. The molecule has 0 amide bonds. The lowest BCUT2D eigenvalue weighted by atomic mass is 10.0. The summed E-state index contributed by atoms with van der Waals surface area (Å²) in [7, 11) is 0. The number of rotatable bonds is 5. The Morgan fingerprint density at radius 3 is 1.56 bits per heavy atom. The van der Waals surface area contributed by atoms with Crippen LogP contribution in [0.3, 0.4) is 0 Å². The topological polar surface area (TPSA) is 48.5 Å². The quantitative estimate of drug-likeness (QED) is 0.174. The number of nitrogens with zero attached hydrogens (tertiary/aromatic N) is 5. The smallest absolute Gasteiger partial charge is 0.166 e. The van der Waals surface area contributed by atoms with Crippen LogP contribution in [0.4, 0.5) is 0 Å². The van der Waals surface area contributed by atoms with Gasteiger partial charge in [-0.3, -0.25) is 0 Å². The van der Waals surface area contributed by atoms with Crippen LogP contribution in [0, 0.1) is 0 Å². The van der Waals surface area contributed by atoms with Crippen LogP contribution in [-0.2, 0) is 0 Å². The van der Waals surface area contributed by atoms with Gasteiger partial charge in [-0.1, -0.05) is 158 Å². The second-order valence-electron chi connectivity index (χ2n) is 16.0. The minimum atomic E-state index is 0.619. The fourth-order valence-corrected chi connectivity index (χ4v) is 9.64. The Labute approximate surface area is 356 Å². The van der Waals surface area contributed by atoms with Gasteiger partial charge in [0.25, 0.3) is 0 Å². The van der Waals surface area contributed by atoms with E-state index in [0.717, 1.165) is 55.3 Å². The summed E-state index contributed by atoms with van der Waals surface area (Å²) in [5, 5.41) is 12.0. The minimum absolute atomic E-state index is 0.619. The van der Waals surface area contributed by atoms with Gasteiger partial charge >= 0.3 is 0 Å². The lowest BCUT2D eigenvalue weighted by Gasteiger charge is -2.16. The molecule has 0 N–H and O–H groups in total. The van der Waals surface area contributed by atoms with E-state index in [9.17, 15) is 0 Å². The van der Waals surface area contributed by atoms with E-state index in [1.807, 2.05) is 36.4 Å². The predicted octanol–water partition coefficient (Wildman–Crippen LogP) is 14.5. The van der Waals surface area contributed by atoms with E-state index in [1.165, 1.54) is 48.7 Å². The van der Waals surface area contributed by atoms with E-state index in [0.29, 0.717) is 17.5 Å². The van der Waals surface area contributed by atoms with E-state index in [-0.39, 0.29) is 0 Å². The Hall–Kier alpha value is -8.41. The number of aromatic nitrogens is 5. The fourth-order valence-electron chi connectivity index (χ4n) is 9.64. The molecule has 0 aliphatic rings. The molecular formula is C57H35N5. The summed E-state index contributed by atoms with van der Waals surface area (Å²) >= 11 is 0. The average molecular weight is 790 g/mol. The fraction of sp³-hybridized carbons (Fsp3) is 0. The molecule has 5 heteroatoms. The van der Waals surface area contributed by atoms with E-state index in [4.69, 9.17) is 15.0 Å². The highest BCUT2D eigenvalue weighted by Crippen LogP contribution is 2.41. The molecule has 0 fully saturated rings. The predicted molar refractivity (Wildman–Crippen MR) is 257 cm³/mol. The van der Waals surface area contributed by atoms with Crippen molar-refractivity contribution in [3.63, 3.8) is 0 Å². The van der Waals surface area contributed by atoms with Gasteiger partial charge in [0, 0.05) is 43.9 Å². The highest BCUT2D eigenvalue weighted by molar-refractivity contribution is 6.21. The molecule has 0 saturated heterocycles. The van der Waals surface area contributed by atoms with Crippen LogP contribution >= 0.6 is 0 Å². The minimum Gasteiger partial charge on any atom is -0.309 e. The molecule has 13 aromatic rings. The number of hydrogen-bond donors (Lipinski definition) is 0. The Morgan fingerprint density at radius 2 is 0.839 bits per heavy atom. The van der Waals surface area contributed by atoms with Gasteiger partial charge < -0.3 is 9.13 Å². The SMILES string of the molecule is c1ccc(-c2nc(-c3ccccc3)nc(-c3cc4ccccc4cc3-n3c4ccccc4c4cc5cc(-n6c7ccccc7c7c8ccccc8ccc76)ccc5cc43)n2)cc1. The van der Waals surface area contributed by atoms with Gasteiger partial charge in [-0.2, -0.15) is 0 Å². The molecule has 5 nitrogen and oxygen atoms in total. The maximum Gasteiger partial charge on any atom is 0.166 e. The van der Waals surface area contributed by atoms with Gasteiger partial charge in [0.15, 0.2) is 17.5 Å². The van der Waals surface area contributed by atoms with Crippen LogP contribution in [-0.4, -0.2) is 24.1 Å². The maximum absolute atomic E-state index is 5.24. The van der Waals surface area contributed by atoms with Gasteiger partial charge in [0.1, 0.15) is 0 Å². The molecule has 0 radical (unpaired) electrons. The third-order valence-electron chi connectivity index (χ3n) is 12.5. The summed E-state index contributed by atoms with van der Waals surface area (Å²) in [5.41, 5.74) is 9.58. The Morgan fingerprint density at radius 1 is 0.290 bits per heavy atom. The van der Waals surface area contributed by atoms with Crippen molar-refractivity contribution >= 4 is 75.9 Å². The normalized spacial score (nSPS) is 11.9. The van der Waals surface area contributed by atoms with Crippen LogP contribution in [0.2, 0.25) is 0 Å². The van der Waals surface area contributed by atoms with Crippen molar-refractivity contribution in [3.05, 3.63) is 212 Å². The number of para-hydroxylation sites is 2. The summed E-state index contributed by atoms with van der Waals surface area (Å²) in [6, 6.07) is 75.8. The Bertz CT molecular complexity index is 3860. The Balaban J connectivity index is 1.06. The van der Waals surface area contributed by atoms with E-state index < -0.39 is 0 Å². The monoisotopic (exact) mass is 789 g/mol. The van der Waals surface area contributed by atoms with Crippen molar-refractivity contribution < 1.29 is 0 Å². The molecule has 0 saturated carbocycles. The first-order valence-electron chi connectivity index (χ1n) is 21.0. The van der Waals surface area contributed by atoms with Crippen LogP contribution in [0.5, 0.6) is 0 Å². The van der Waals surface area contributed by atoms with Crippen LogP contribution in [0.15, 0.2) is 212 Å². The standard InChI is InChI=1S/C57H35N5/c1-3-16-37(17-4-1)55-58-56(38-18-5-2-6-19-38)60-57(59-55)48-32-39-20-7-8-21-40(39)34-53(48)62-49-25-13-11-23-45(49)47-33-42-31-43(29-27-41(42)35-52(47)62)61-50-26-14-12-24-46(50)54-44-22-10-9-15-36(44)28-30-51(54)61/h1-35H. The van der Waals surface area contributed by atoms with Gasteiger partial charge in [0.05, 0.1) is 27.8 Å². The molecule has 0 unspecified atom stereocenters.